The number of carbonyl (C=O) groups excluding carboxylic acids is 1. The van der Waals surface area contributed by atoms with Crippen LogP contribution in [-0.2, 0) is 16.1 Å². The van der Waals surface area contributed by atoms with Gasteiger partial charge in [-0.15, -0.1) is 0 Å². The third-order valence-corrected chi connectivity index (χ3v) is 2.43. The maximum absolute atomic E-state index is 10.3. The molecule has 2 unspecified atom stereocenters. The van der Waals surface area contributed by atoms with Crippen LogP contribution in [0.1, 0.15) is 12.8 Å². The van der Waals surface area contributed by atoms with Crippen molar-refractivity contribution in [1.29, 1.82) is 0 Å². The summed E-state index contributed by atoms with van der Waals surface area (Å²) in [5, 5.41) is 0. The molecule has 0 aliphatic carbocycles. The van der Waals surface area contributed by atoms with E-state index in [2.05, 4.69) is 0 Å². The molecular formula is C5H8NO3S-. The first kappa shape index (κ1) is 7.84. The molecule has 1 rings (SSSR count). The summed E-state index contributed by atoms with van der Waals surface area (Å²) in [5.74, 6) is 0. The predicted molar refractivity (Wildman–Crippen MR) is 34.7 cm³/mol. The Morgan fingerprint density at radius 3 is 2.80 bits per heavy atom. The third kappa shape index (κ3) is 1.42. The van der Waals surface area contributed by atoms with Gasteiger partial charge in [-0.3, -0.25) is 4.21 Å². The highest BCUT2D eigenvalue weighted by molar-refractivity contribution is 7.76. The summed E-state index contributed by atoms with van der Waals surface area (Å²) in [5.41, 5.74) is 0. The van der Waals surface area contributed by atoms with Crippen molar-refractivity contribution in [2.45, 2.75) is 18.9 Å². The van der Waals surface area contributed by atoms with E-state index >= 15 is 0 Å². The molecule has 1 heterocycles. The topological polar surface area (TPSA) is 60.4 Å². The van der Waals surface area contributed by atoms with Gasteiger partial charge in [-0.25, -0.2) is 4.31 Å². The average molecular weight is 162 g/mol. The summed E-state index contributed by atoms with van der Waals surface area (Å²) in [7, 11) is 0. The normalized spacial score (nSPS) is 30.3. The number of hydrogen-bond acceptors (Lipinski definition) is 3. The van der Waals surface area contributed by atoms with Gasteiger partial charge in [0, 0.05) is 17.8 Å². The molecule has 1 aliphatic rings. The minimum atomic E-state index is -2.22. The molecule has 0 aromatic rings. The van der Waals surface area contributed by atoms with Gasteiger partial charge in [0.2, 0.25) is 0 Å². The molecule has 5 heteroatoms. The summed E-state index contributed by atoms with van der Waals surface area (Å²) in [6.45, 7) is 0.486. The van der Waals surface area contributed by atoms with Crippen molar-refractivity contribution in [2.24, 2.45) is 0 Å². The summed E-state index contributed by atoms with van der Waals surface area (Å²) in [6.07, 6.45) is 2.14. The van der Waals surface area contributed by atoms with E-state index in [1.54, 1.807) is 0 Å². The van der Waals surface area contributed by atoms with Crippen molar-refractivity contribution < 1.29 is 13.6 Å². The summed E-state index contributed by atoms with van der Waals surface area (Å²) >= 11 is -2.22. The first-order valence-corrected chi connectivity index (χ1v) is 4.10. The van der Waals surface area contributed by atoms with Crippen LogP contribution >= 0.6 is 0 Å². The van der Waals surface area contributed by atoms with Crippen LogP contribution in [0.15, 0.2) is 0 Å². The second-order valence-electron chi connectivity index (χ2n) is 2.20. The molecule has 0 radical (unpaired) electrons. The molecule has 4 nitrogen and oxygen atoms in total. The number of carbonyl (C=O) groups is 1. The van der Waals surface area contributed by atoms with Crippen molar-refractivity contribution in [1.82, 2.24) is 4.31 Å². The van der Waals surface area contributed by atoms with Crippen LogP contribution < -0.4 is 0 Å². The van der Waals surface area contributed by atoms with Crippen LogP contribution in [0.25, 0.3) is 0 Å². The van der Waals surface area contributed by atoms with Gasteiger partial charge in [-0.1, -0.05) is 0 Å². The molecule has 0 spiro atoms. The lowest BCUT2D eigenvalue weighted by molar-refractivity contribution is -0.110. The monoisotopic (exact) mass is 162 g/mol. The highest BCUT2D eigenvalue weighted by Gasteiger charge is 2.23. The van der Waals surface area contributed by atoms with Crippen LogP contribution in [-0.4, -0.2) is 31.9 Å². The van der Waals surface area contributed by atoms with Gasteiger partial charge in [-0.05, 0) is 12.8 Å². The zero-order valence-corrected chi connectivity index (χ0v) is 6.17. The second-order valence-corrected chi connectivity index (χ2v) is 3.11. The summed E-state index contributed by atoms with van der Waals surface area (Å²) < 4.78 is 21.8. The fraction of sp³-hybridized carbons (Fsp3) is 0.800. The highest BCUT2D eigenvalue weighted by Crippen LogP contribution is 2.15. The number of hydrogen-bond donors (Lipinski definition) is 0. The Morgan fingerprint density at radius 2 is 2.40 bits per heavy atom. The molecule has 58 valence electrons. The van der Waals surface area contributed by atoms with E-state index in [1.165, 1.54) is 4.31 Å². The maximum atomic E-state index is 10.3. The molecule has 1 aliphatic heterocycles. The van der Waals surface area contributed by atoms with Crippen LogP contribution in [0.3, 0.4) is 0 Å². The standard InChI is InChI=1S/C5H9NO3S/c7-4-5-2-1-3-6(5)10(8)9/h4-5H,1-3H2,(H,8,9)/p-1. The smallest absolute Gasteiger partial charge is 0.138 e. The molecule has 2 atom stereocenters. The lowest BCUT2D eigenvalue weighted by atomic mass is 10.2. The van der Waals surface area contributed by atoms with Crippen LogP contribution in [0.4, 0.5) is 0 Å². The van der Waals surface area contributed by atoms with Crippen molar-refractivity contribution in [2.75, 3.05) is 6.54 Å². The zero-order valence-electron chi connectivity index (χ0n) is 5.36. The molecular weight excluding hydrogens is 154 g/mol. The minimum Gasteiger partial charge on any atom is -0.760 e. The fourth-order valence-electron chi connectivity index (χ4n) is 1.09. The minimum absolute atomic E-state index is 0.404. The molecule has 0 saturated carbocycles. The number of aldehydes is 1. The molecule has 0 N–H and O–H groups in total. The van der Waals surface area contributed by atoms with E-state index in [0.717, 1.165) is 6.42 Å². The van der Waals surface area contributed by atoms with E-state index in [0.29, 0.717) is 19.3 Å². The second kappa shape index (κ2) is 3.23. The van der Waals surface area contributed by atoms with Gasteiger partial charge < -0.3 is 9.35 Å². The van der Waals surface area contributed by atoms with E-state index in [-0.39, 0.29) is 0 Å². The van der Waals surface area contributed by atoms with E-state index < -0.39 is 17.3 Å². The molecule has 0 aromatic carbocycles. The summed E-state index contributed by atoms with van der Waals surface area (Å²) in [4.78, 5) is 10.2. The molecule has 1 saturated heterocycles. The van der Waals surface area contributed by atoms with E-state index in [9.17, 15) is 13.6 Å². The van der Waals surface area contributed by atoms with Gasteiger partial charge in [-0.2, -0.15) is 0 Å². The fourth-order valence-corrected chi connectivity index (χ4v) is 1.74. The molecule has 1 fully saturated rings. The zero-order chi connectivity index (χ0) is 7.56. The van der Waals surface area contributed by atoms with Crippen molar-refractivity contribution in [3.8, 4) is 0 Å². The Balaban J connectivity index is 2.58. The number of nitrogens with zero attached hydrogens (tertiary/aromatic N) is 1. The van der Waals surface area contributed by atoms with Crippen molar-refractivity contribution in [3.05, 3.63) is 0 Å². The van der Waals surface area contributed by atoms with Gasteiger partial charge in [0.05, 0.1) is 6.04 Å². The van der Waals surface area contributed by atoms with Crippen LogP contribution in [0.5, 0.6) is 0 Å². The number of rotatable bonds is 2. The average Bonchev–Trinajstić information content (AvgIpc) is 2.33. The SMILES string of the molecule is O=CC1CCCN1S(=O)[O-]. The molecule has 10 heavy (non-hydrogen) atoms. The third-order valence-electron chi connectivity index (χ3n) is 1.60. The van der Waals surface area contributed by atoms with Crippen LogP contribution in [0.2, 0.25) is 0 Å². The van der Waals surface area contributed by atoms with Gasteiger partial charge in [0.1, 0.15) is 6.29 Å². The lowest BCUT2D eigenvalue weighted by Crippen LogP contribution is -2.31. The first-order chi connectivity index (χ1) is 4.75. The lowest BCUT2D eigenvalue weighted by Gasteiger charge is -2.21. The first-order valence-electron chi connectivity index (χ1n) is 3.07. The Bertz CT molecular complexity index is 161. The van der Waals surface area contributed by atoms with Crippen molar-refractivity contribution in [3.63, 3.8) is 0 Å². The van der Waals surface area contributed by atoms with Gasteiger partial charge >= 0.3 is 0 Å². The van der Waals surface area contributed by atoms with Gasteiger partial charge in [0.15, 0.2) is 0 Å². The predicted octanol–water partition coefficient (Wildman–Crippen LogP) is -0.556. The van der Waals surface area contributed by atoms with E-state index in [1.807, 2.05) is 0 Å². The largest absolute Gasteiger partial charge is 0.760 e. The van der Waals surface area contributed by atoms with Crippen molar-refractivity contribution >= 4 is 17.6 Å². The van der Waals surface area contributed by atoms with Gasteiger partial charge in [0.25, 0.3) is 0 Å². The quantitative estimate of drug-likeness (QED) is 0.404. The van der Waals surface area contributed by atoms with Crippen LogP contribution in [0, 0.1) is 0 Å². The molecule has 0 bridgehead atoms. The maximum Gasteiger partial charge on any atom is 0.138 e. The highest BCUT2D eigenvalue weighted by atomic mass is 32.2. The Kier molecular flexibility index (Phi) is 2.53. The molecule has 0 aromatic heterocycles. The Morgan fingerprint density at radius 1 is 1.70 bits per heavy atom. The Labute approximate surface area is 61.6 Å². The van der Waals surface area contributed by atoms with E-state index in [4.69, 9.17) is 0 Å². The summed E-state index contributed by atoms with van der Waals surface area (Å²) in [6, 6.07) is -0.404. The molecule has 0 amide bonds. The Hall–Kier alpha value is -0.260.